The minimum absolute atomic E-state index is 0.197. The van der Waals surface area contributed by atoms with E-state index in [9.17, 15) is 14.4 Å². The summed E-state index contributed by atoms with van der Waals surface area (Å²) >= 11 is 0. The zero-order valence-corrected chi connectivity index (χ0v) is 16.2. The molecule has 0 heterocycles. The lowest BCUT2D eigenvalue weighted by Gasteiger charge is -2.17. The molecule has 2 N–H and O–H groups in total. The number of nitrogens with one attached hydrogen (secondary N) is 2. The van der Waals surface area contributed by atoms with Crippen LogP contribution in [0, 0.1) is 20.8 Å². The van der Waals surface area contributed by atoms with Gasteiger partial charge in [-0.2, -0.15) is 0 Å². The van der Waals surface area contributed by atoms with Crippen molar-refractivity contribution in [3.05, 3.63) is 58.7 Å². The van der Waals surface area contributed by atoms with E-state index in [0.717, 1.165) is 22.4 Å². The van der Waals surface area contributed by atoms with Gasteiger partial charge >= 0.3 is 5.97 Å². The molecular formula is C21H24N2O4. The Kier molecular flexibility index (Phi) is 6.34. The first-order chi connectivity index (χ1) is 12.7. The molecule has 2 amide bonds. The average molecular weight is 368 g/mol. The molecule has 0 spiro atoms. The fourth-order valence-electron chi connectivity index (χ4n) is 2.78. The van der Waals surface area contributed by atoms with Gasteiger partial charge in [0, 0.05) is 18.3 Å². The molecule has 0 aliphatic rings. The highest BCUT2D eigenvalue weighted by Gasteiger charge is 2.20. The Bertz CT molecular complexity index is 849. The van der Waals surface area contributed by atoms with E-state index in [2.05, 4.69) is 10.6 Å². The van der Waals surface area contributed by atoms with Crippen LogP contribution in [-0.2, 0) is 14.3 Å². The molecule has 0 fully saturated rings. The van der Waals surface area contributed by atoms with Crippen molar-refractivity contribution in [3.63, 3.8) is 0 Å². The number of aryl methyl sites for hydroxylation is 3. The van der Waals surface area contributed by atoms with Gasteiger partial charge in [-0.05, 0) is 63.1 Å². The lowest BCUT2D eigenvalue weighted by molar-refractivity contribution is -0.123. The predicted octanol–water partition coefficient (Wildman–Crippen LogP) is 3.75. The summed E-state index contributed by atoms with van der Waals surface area (Å²) in [5, 5.41) is 5.45. The summed E-state index contributed by atoms with van der Waals surface area (Å²) in [6.45, 7) is 8.76. The quantitative estimate of drug-likeness (QED) is 0.787. The maximum absolute atomic E-state index is 12.4. The number of hydrogen-bond donors (Lipinski definition) is 2. The van der Waals surface area contributed by atoms with Gasteiger partial charge in [-0.15, -0.1) is 0 Å². The third-order valence-electron chi connectivity index (χ3n) is 4.02. The number of carbonyl (C=O) groups excluding carboxylic acids is 3. The van der Waals surface area contributed by atoms with Gasteiger partial charge < -0.3 is 15.4 Å². The molecule has 0 unspecified atom stereocenters. The summed E-state index contributed by atoms with van der Waals surface area (Å²) in [4.78, 5) is 35.7. The van der Waals surface area contributed by atoms with Gasteiger partial charge in [0.25, 0.3) is 5.91 Å². The van der Waals surface area contributed by atoms with Gasteiger partial charge in [0.15, 0.2) is 6.10 Å². The first kappa shape index (κ1) is 20.2. The van der Waals surface area contributed by atoms with Crippen molar-refractivity contribution in [2.75, 3.05) is 10.6 Å². The molecule has 0 bridgehead atoms. The number of esters is 1. The van der Waals surface area contributed by atoms with Gasteiger partial charge in [-0.1, -0.05) is 17.7 Å². The number of rotatable bonds is 5. The SMILES string of the molecule is CC(=O)Nc1ccc(C(=O)O[C@H](C)C(=O)Nc2c(C)cc(C)cc2C)cc1. The number of hydrogen-bond acceptors (Lipinski definition) is 4. The van der Waals surface area contributed by atoms with Crippen LogP contribution in [0.1, 0.15) is 40.9 Å². The van der Waals surface area contributed by atoms with Crippen LogP contribution in [0.4, 0.5) is 11.4 Å². The van der Waals surface area contributed by atoms with Gasteiger partial charge in [-0.25, -0.2) is 4.79 Å². The van der Waals surface area contributed by atoms with Gasteiger partial charge in [-0.3, -0.25) is 9.59 Å². The van der Waals surface area contributed by atoms with E-state index in [4.69, 9.17) is 4.74 Å². The van der Waals surface area contributed by atoms with Crippen LogP contribution in [0.2, 0.25) is 0 Å². The highest BCUT2D eigenvalue weighted by Crippen LogP contribution is 2.22. The van der Waals surface area contributed by atoms with Crippen molar-refractivity contribution in [1.29, 1.82) is 0 Å². The number of amides is 2. The molecule has 6 heteroatoms. The Morgan fingerprint density at radius 3 is 2.00 bits per heavy atom. The van der Waals surface area contributed by atoms with Crippen LogP contribution in [0.15, 0.2) is 36.4 Å². The summed E-state index contributed by atoms with van der Waals surface area (Å²) in [5.41, 5.74) is 4.63. The van der Waals surface area contributed by atoms with E-state index < -0.39 is 18.0 Å². The molecule has 27 heavy (non-hydrogen) atoms. The summed E-state index contributed by atoms with van der Waals surface area (Å²) in [6, 6.07) is 10.2. The first-order valence-electron chi connectivity index (χ1n) is 8.64. The molecule has 142 valence electrons. The summed E-state index contributed by atoms with van der Waals surface area (Å²) in [5.74, 6) is -1.20. The Morgan fingerprint density at radius 1 is 0.926 bits per heavy atom. The van der Waals surface area contributed by atoms with Crippen molar-refractivity contribution >= 4 is 29.2 Å². The predicted molar refractivity (Wildman–Crippen MR) is 105 cm³/mol. The zero-order chi connectivity index (χ0) is 20.1. The maximum Gasteiger partial charge on any atom is 0.338 e. The van der Waals surface area contributed by atoms with E-state index in [1.165, 1.54) is 26.0 Å². The third kappa shape index (κ3) is 5.41. The normalized spacial score (nSPS) is 11.4. The second-order valence-corrected chi connectivity index (χ2v) is 6.57. The molecule has 6 nitrogen and oxygen atoms in total. The van der Waals surface area contributed by atoms with Crippen molar-refractivity contribution < 1.29 is 19.1 Å². The number of carbonyl (C=O) groups is 3. The molecule has 0 aliphatic carbocycles. The monoisotopic (exact) mass is 368 g/mol. The van der Waals surface area contributed by atoms with E-state index >= 15 is 0 Å². The highest BCUT2D eigenvalue weighted by molar-refractivity contribution is 5.98. The molecule has 2 rings (SSSR count). The molecule has 0 saturated heterocycles. The van der Waals surface area contributed by atoms with Crippen LogP contribution >= 0.6 is 0 Å². The molecule has 0 aromatic heterocycles. The van der Waals surface area contributed by atoms with E-state index in [0.29, 0.717) is 11.3 Å². The molecule has 0 radical (unpaired) electrons. The van der Waals surface area contributed by atoms with Crippen LogP contribution in [0.25, 0.3) is 0 Å². The second-order valence-electron chi connectivity index (χ2n) is 6.57. The lowest BCUT2D eigenvalue weighted by atomic mass is 10.0. The van der Waals surface area contributed by atoms with Crippen LogP contribution in [-0.4, -0.2) is 23.9 Å². The molecule has 1 atom stereocenters. The largest absolute Gasteiger partial charge is 0.449 e. The van der Waals surface area contributed by atoms with E-state index in [1.54, 1.807) is 12.1 Å². The summed E-state index contributed by atoms with van der Waals surface area (Å²) in [7, 11) is 0. The van der Waals surface area contributed by atoms with Crippen LogP contribution in [0.3, 0.4) is 0 Å². The van der Waals surface area contributed by atoms with E-state index in [-0.39, 0.29) is 5.91 Å². The van der Waals surface area contributed by atoms with Crippen LogP contribution in [0.5, 0.6) is 0 Å². The number of anilines is 2. The zero-order valence-electron chi connectivity index (χ0n) is 16.2. The van der Waals surface area contributed by atoms with Gasteiger partial charge in [0.2, 0.25) is 5.91 Å². The number of ether oxygens (including phenoxy) is 1. The van der Waals surface area contributed by atoms with Gasteiger partial charge in [0.1, 0.15) is 0 Å². The minimum Gasteiger partial charge on any atom is -0.449 e. The topological polar surface area (TPSA) is 84.5 Å². The van der Waals surface area contributed by atoms with Crippen molar-refractivity contribution in [1.82, 2.24) is 0 Å². The van der Waals surface area contributed by atoms with Crippen LogP contribution < -0.4 is 10.6 Å². The fourth-order valence-corrected chi connectivity index (χ4v) is 2.78. The Morgan fingerprint density at radius 2 is 1.48 bits per heavy atom. The smallest absolute Gasteiger partial charge is 0.338 e. The third-order valence-corrected chi connectivity index (χ3v) is 4.02. The van der Waals surface area contributed by atoms with E-state index in [1.807, 2.05) is 32.9 Å². The highest BCUT2D eigenvalue weighted by atomic mass is 16.5. The molecular weight excluding hydrogens is 344 g/mol. The molecule has 2 aromatic rings. The Labute approximate surface area is 158 Å². The first-order valence-corrected chi connectivity index (χ1v) is 8.64. The van der Waals surface area contributed by atoms with Crippen molar-refractivity contribution in [3.8, 4) is 0 Å². The average Bonchev–Trinajstić information content (AvgIpc) is 2.57. The summed E-state index contributed by atoms with van der Waals surface area (Å²) in [6.07, 6.45) is -0.951. The standard InChI is InChI=1S/C21H24N2O4/c1-12-10-13(2)19(14(3)11-12)23-20(25)15(4)27-21(26)17-6-8-18(9-7-17)22-16(5)24/h6-11,15H,1-5H3,(H,22,24)(H,23,25)/t15-/m1/s1. The Hall–Kier alpha value is -3.15. The van der Waals surface area contributed by atoms with Crippen molar-refractivity contribution in [2.45, 2.75) is 40.7 Å². The van der Waals surface area contributed by atoms with Crippen molar-refractivity contribution in [2.24, 2.45) is 0 Å². The minimum atomic E-state index is -0.951. The fraction of sp³-hybridized carbons (Fsp3) is 0.286. The van der Waals surface area contributed by atoms with Gasteiger partial charge in [0.05, 0.1) is 5.56 Å². The molecule has 2 aromatic carbocycles. The lowest BCUT2D eigenvalue weighted by Crippen LogP contribution is -2.30. The molecule has 0 saturated carbocycles. The number of benzene rings is 2. The maximum atomic E-state index is 12.4. The Balaban J connectivity index is 2.01. The second kappa shape index (κ2) is 8.49. The molecule has 0 aliphatic heterocycles. The summed E-state index contributed by atoms with van der Waals surface area (Å²) < 4.78 is 5.26.